The smallest absolute Gasteiger partial charge is 0.290 e. The van der Waals surface area contributed by atoms with Crippen LogP contribution >= 0.6 is 0 Å². The largest absolute Gasteiger partial charge is 0.487 e. The molecule has 5 rings (SSSR count). The van der Waals surface area contributed by atoms with Gasteiger partial charge in [0, 0.05) is 36.7 Å². The Morgan fingerprint density at radius 1 is 1.10 bits per heavy atom. The predicted molar refractivity (Wildman–Crippen MR) is 113 cm³/mol. The third kappa shape index (κ3) is 3.59. The molecule has 2 aromatic carbocycles. The van der Waals surface area contributed by atoms with Crippen molar-refractivity contribution in [3.8, 4) is 17.0 Å². The molecular weight excluding hydrogens is 378 g/mol. The molecule has 0 radical (unpaired) electrons. The van der Waals surface area contributed by atoms with E-state index in [0.29, 0.717) is 5.69 Å². The minimum absolute atomic E-state index is 0.129. The summed E-state index contributed by atoms with van der Waals surface area (Å²) in [5.41, 5.74) is 2.34. The fourth-order valence-electron chi connectivity index (χ4n) is 4.44. The lowest BCUT2D eigenvalue weighted by atomic mass is 9.80. The lowest BCUT2D eigenvalue weighted by Gasteiger charge is -2.46. The zero-order valence-corrected chi connectivity index (χ0v) is 17.0. The number of benzene rings is 2. The third-order valence-electron chi connectivity index (χ3n) is 6.20. The number of rotatable bonds is 3. The average Bonchev–Trinajstić information content (AvgIpc) is 3.27. The first-order valence-corrected chi connectivity index (χ1v) is 10.4. The number of para-hydroxylation sites is 1. The number of hydrogen-bond donors (Lipinski definition) is 1. The van der Waals surface area contributed by atoms with Crippen molar-refractivity contribution >= 4 is 5.91 Å². The summed E-state index contributed by atoms with van der Waals surface area (Å²) in [6.45, 7) is 1.98. The zero-order chi connectivity index (χ0) is 20.6. The Hall–Kier alpha value is -3.12. The van der Waals surface area contributed by atoms with E-state index < -0.39 is 0 Å². The van der Waals surface area contributed by atoms with Gasteiger partial charge in [-0.3, -0.25) is 4.79 Å². The minimum atomic E-state index is -0.255. The first-order valence-electron chi connectivity index (χ1n) is 10.4. The number of likely N-dealkylation sites (tertiary alicyclic amines) is 1. The number of aromatic nitrogens is 1. The predicted octanol–water partition coefficient (Wildman–Crippen LogP) is 4.06. The van der Waals surface area contributed by atoms with Crippen molar-refractivity contribution in [2.45, 2.75) is 30.9 Å². The molecule has 6 heteroatoms. The highest BCUT2D eigenvalue weighted by molar-refractivity contribution is 5.92. The number of carbonyl (C=O) groups is 1. The van der Waals surface area contributed by atoms with Crippen LogP contribution in [0.3, 0.4) is 0 Å². The van der Waals surface area contributed by atoms with Crippen molar-refractivity contribution in [1.82, 2.24) is 15.4 Å². The van der Waals surface area contributed by atoms with E-state index in [4.69, 9.17) is 9.26 Å². The van der Waals surface area contributed by atoms with Gasteiger partial charge in [-0.1, -0.05) is 53.7 Å². The van der Waals surface area contributed by atoms with Gasteiger partial charge in [-0.05, 0) is 26.0 Å². The van der Waals surface area contributed by atoms with Crippen LogP contribution in [-0.2, 0) is 0 Å². The number of nitrogens with zero attached hydrogens (tertiary/aromatic N) is 2. The molecule has 1 aromatic heterocycles. The minimum Gasteiger partial charge on any atom is -0.487 e. The molecule has 1 N–H and O–H groups in total. The molecular formula is C24H25N3O3. The second-order valence-electron chi connectivity index (χ2n) is 8.30. The van der Waals surface area contributed by atoms with Gasteiger partial charge in [0.25, 0.3) is 5.91 Å². The van der Waals surface area contributed by atoms with Crippen LogP contribution in [0.1, 0.15) is 41.4 Å². The molecule has 30 heavy (non-hydrogen) atoms. The first kappa shape index (κ1) is 18.9. The number of hydrogen-bond acceptors (Lipinski definition) is 5. The topological polar surface area (TPSA) is 67.6 Å². The Morgan fingerprint density at radius 2 is 1.83 bits per heavy atom. The summed E-state index contributed by atoms with van der Waals surface area (Å²) >= 11 is 0. The van der Waals surface area contributed by atoms with Gasteiger partial charge in [-0.2, -0.15) is 0 Å². The van der Waals surface area contributed by atoms with Crippen LogP contribution in [0.25, 0.3) is 11.3 Å². The molecule has 1 fully saturated rings. The number of nitrogens with one attached hydrogen (secondary N) is 1. The lowest BCUT2D eigenvalue weighted by Crippen LogP contribution is -2.51. The second kappa shape index (κ2) is 7.61. The normalized spacial score (nSPS) is 20.4. The Morgan fingerprint density at radius 3 is 2.63 bits per heavy atom. The Bertz CT molecular complexity index is 1040. The Kier molecular flexibility index (Phi) is 4.79. The monoisotopic (exact) mass is 403 g/mol. The van der Waals surface area contributed by atoms with Gasteiger partial charge in [-0.25, -0.2) is 0 Å². The van der Waals surface area contributed by atoms with Gasteiger partial charge in [-0.15, -0.1) is 0 Å². The highest BCUT2D eigenvalue weighted by atomic mass is 16.5. The second-order valence-corrected chi connectivity index (χ2v) is 8.30. The fraction of sp³-hybridized carbons (Fsp3) is 0.333. The summed E-state index contributed by atoms with van der Waals surface area (Å²) in [7, 11) is 2.14. The molecule has 1 unspecified atom stereocenters. The fourth-order valence-corrected chi connectivity index (χ4v) is 4.44. The van der Waals surface area contributed by atoms with E-state index in [-0.39, 0.29) is 23.3 Å². The maximum Gasteiger partial charge on any atom is 0.290 e. The highest BCUT2D eigenvalue weighted by Crippen LogP contribution is 2.44. The van der Waals surface area contributed by atoms with Crippen LogP contribution in [0.4, 0.5) is 0 Å². The molecule has 1 amide bonds. The van der Waals surface area contributed by atoms with Gasteiger partial charge in [0.15, 0.2) is 0 Å². The van der Waals surface area contributed by atoms with Crippen molar-refractivity contribution in [2.24, 2.45) is 0 Å². The molecule has 3 heterocycles. The van der Waals surface area contributed by atoms with Crippen molar-refractivity contribution < 1.29 is 14.1 Å². The molecule has 6 nitrogen and oxygen atoms in total. The molecule has 1 atom stereocenters. The van der Waals surface area contributed by atoms with Crippen LogP contribution in [0.5, 0.6) is 5.75 Å². The summed E-state index contributed by atoms with van der Waals surface area (Å²) in [6, 6.07) is 19.2. The number of ether oxygens (including phenoxy) is 1. The van der Waals surface area contributed by atoms with E-state index in [1.165, 1.54) is 0 Å². The summed E-state index contributed by atoms with van der Waals surface area (Å²) in [4.78, 5) is 15.3. The van der Waals surface area contributed by atoms with Crippen LogP contribution < -0.4 is 10.1 Å². The van der Waals surface area contributed by atoms with Crippen molar-refractivity contribution in [3.63, 3.8) is 0 Å². The van der Waals surface area contributed by atoms with Crippen LogP contribution in [0, 0.1) is 0 Å². The summed E-state index contributed by atoms with van der Waals surface area (Å²) in [6.07, 6.45) is 2.65. The van der Waals surface area contributed by atoms with E-state index >= 15 is 0 Å². The Labute approximate surface area is 175 Å². The molecule has 2 aliphatic rings. The zero-order valence-electron chi connectivity index (χ0n) is 17.0. The molecule has 2 aliphatic heterocycles. The van der Waals surface area contributed by atoms with Crippen molar-refractivity contribution in [1.29, 1.82) is 0 Å². The molecule has 154 valence electrons. The average molecular weight is 403 g/mol. The van der Waals surface area contributed by atoms with Gasteiger partial charge in [0.1, 0.15) is 17.0 Å². The van der Waals surface area contributed by atoms with Crippen molar-refractivity contribution in [2.75, 3.05) is 20.1 Å². The number of fused-ring (bicyclic) bond motifs is 1. The lowest BCUT2D eigenvalue weighted by molar-refractivity contribution is -0.0196. The van der Waals surface area contributed by atoms with E-state index in [1.807, 2.05) is 54.6 Å². The Balaban J connectivity index is 1.38. The SMILES string of the molecule is CN1CCC2(CC1)CC(NC(=O)c1cc(-c3ccccc3)no1)c1ccccc1O2. The van der Waals surface area contributed by atoms with Crippen LogP contribution in [0.2, 0.25) is 0 Å². The number of piperidine rings is 1. The molecule has 0 aliphatic carbocycles. The first-order chi connectivity index (χ1) is 14.6. The molecule has 0 bridgehead atoms. The molecule has 0 saturated carbocycles. The maximum absolute atomic E-state index is 13.0. The van der Waals surface area contributed by atoms with E-state index in [9.17, 15) is 4.79 Å². The summed E-state index contributed by atoms with van der Waals surface area (Å²) < 4.78 is 11.8. The summed E-state index contributed by atoms with van der Waals surface area (Å²) in [5, 5.41) is 7.24. The van der Waals surface area contributed by atoms with Crippen LogP contribution in [-0.4, -0.2) is 41.7 Å². The van der Waals surface area contributed by atoms with E-state index in [0.717, 1.165) is 49.2 Å². The highest BCUT2D eigenvalue weighted by Gasteiger charge is 2.43. The molecule has 3 aromatic rings. The number of carbonyl (C=O) groups excluding carboxylic acids is 1. The molecule has 1 spiro atoms. The maximum atomic E-state index is 13.0. The van der Waals surface area contributed by atoms with Crippen LogP contribution in [0.15, 0.2) is 65.2 Å². The standard InChI is InChI=1S/C24H25N3O3/c1-27-13-11-24(12-14-27)16-20(18-9-5-6-10-21(18)29-24)25-23(28)22-15-19(26-30-22)17-7-3-2-4-8-17/h2-10,15,20H,11-14,16H2,1H3,(H,25,28). The van der Waals surface area contributed by atoms with Gasteiger partial charge in [0.05, 0.1) is 6.04 Å². The number of amides is 1. The summed E-state index contributed by atoms with van der Waals surface area (Å²) in [5.74, 6) is 0.825. The van der Waals surface area contributed by atoms with Crippen molar-refractivity contribution in [3.05, 3.63) is 72.0 Å². The van der Waals surface area contributed by atoms with E-state index in [1.54, 1.807) is 6.07 Å². The van der Waals surface area contributed by atoms with Gasteiger partial charge >= 0.3 is 0 Å². The third-order valence-corrected chi connectivity index (χ3v) is 6.20. The molecule has 1 saturated heterocycles. The van der Waals surface area contributed by atoms with Gasteiger partial charge in [0.2, 0.25) is 5.76 Å². The van der Waals surface area contributed by atoms with Gasteiger partial charge < -0.3 is 19.5 Å². The van der Waals surface area contributed by atoms with E-state index in [2.05, 4.69) is 22.4 Å². The quantitative estimate of drug-likeness (QED) is 0.714.